The molecular weight excluding hydrogens is 402 g/mol. The van der Waals surface area contributed by atoms with Crippen LogP contribution in [0.25, 0.3) is 11.5 Å². The first-order valence-electron chi connectivity index (χ1n) is 9.50. The van der Waals surface area contributed by atoms with Crippen LogP contribution in [0.15, 0.2) is 71.4 Å². The molecule has 0 aliphatic rings. The maximum atomic E-state index is 12.7. The zero-order valence-corrected chi connectivity index (χ0v) is 17.1. The second kappa shape index (κ2) is 8.92. The summed E-state index contributed by atoms with van der Waals surface area (Å²) in [7, 11) is 1.89. The number of hydrogen-bond acceptors (Lipinski definition) is 5. The molecule has 7 nitrogen and oxygen atoms in total. The molecule has 1 atom stereocenters. The van der Waals surface area contributed by atoms with Crippen molar-refractivity contribution in [2.75, 3.05) is 0 Å². The molecular formula is C22H20ClN5O2. The van der Waals surface area contributed by atoms with Crippen molar-refractivity contribution in [3.63, 3.8) is 0 Å². The van der Waals surface area contributed by atoms with Gasteiger partial charge >= 0.3 is 0 Å². The molecule has 0 saturated carbocycles. The number of imidazole rings is 1. The van der Waals surface area contributed by atoms with Gasteiger partial charge in [0.1, 0.15) is 11.9 Å². The zero-order valence-electron chi connectivity index (χ0n) is 16.3. The minimum Gasteiger partial charge on any atom is -0.421 e. The van der Waals surface area contributed by atoms with Crippen LogP contribution in [0.1, 0.15) is 29.7 Å². The zero-order chi connectivity index (χ0) is 20.9. The predicted molar refractivity (Wildman–Crippen MR) is 113 cm³/mol. The van der Waals surface area contributed by atoms with Crippen LogP contribution in [-0.4, -0.2) is 25.7 Å². The van der Waals surface area contributed by atoms with Gasteiger partial charge in [0.15, 0.2) is 0 Å². The third-order valence-electron chi connectivity index (χ3n) is 4.68. The third-order valence-corrected chi connectivity index (χ3v) is 4.93. The van der Waals surface area contributed by atoms with Gasteiger partial charge in [0, 0.05) is 42.9 Å². The van der Waals surface area contributed by atoms with Gasteiger partial charge in [-0.1, -0.05) is 41.9 Å². The molecule has 0 saturated heterocycles. The van der Waals surface area contributed by atoms with E-state index in [-0.39, 0.29) is 12.3 Å². The van der Waals surface area contributed by atoms with Gasteiger partial charge in [-0.05, 0) is 29.8 Å². The largest absolute Gasteiger partial charge is 0.421 e. The number of nitrogens with zero attached hydrogens (tertiary/aromatic N) is 4. The maximum absolute atomic E-state index is 12.7. The van der Waals surface area contributed by atoms with E-state index in [2.05, 4.69) is 20.5 Å². The molecule has 0 radical (unpaired) electrons. The summed E-state index contributed by atoms with van der Waals surface area (Å²) < 4.78 is 7.56. The lowest BCUT2D eigenvalue weighted by Crippen LogP contribution is -2.31. The molecule has 0 unspecified atom stereocenters. The van der Waals surface area contributed by atoms with Gasteiger partial charge in [-0.3, -0.25) is 4.79 Å². The first-order valence-corrected chi connectivity index (χ1v) is 9.88. The molecule has 8 heteroatoms. The molecule has 2 heterocycles. The van der Waals surface area contributed by atoms with E-state index in [1.54, 1.807) is 18.3 Å². The molecule has 152 valence electrons. The van der Waals surface area contributed by atoms with Crippen molar-refractivity contribution < 1.29 is 9.21 Å². The van der Waals surface area contributed by atoms with Gasteiger partial charge in [-0.2, -0.15) is 0 Å². The van der Waals surface area contributed by atoms with Crippen molar-refractivity contribution >= 4 is 17.5 Å². The van der Waals surface area contributed by atoms with Crippen LogP contribution in [0.3, 0.4) is 0 Å². The first-order chi connectivity index (χ1) is 14.6. The highest BCUT2D eigenvalue weighted by Crippen LogP contribution is 2.23. The molecule has 1 N–H and O–H groups in total. The van der Waals surface area contributed by atoms with Crippen molar-refractivity contribution in [3.05, 3.63) is 89.3 Å². The highest BCUT2D eigenvalue weighted by molar-refractivity contribution is 6.30. The molecule has 30 heavy (non-hydrogen) atoms. The number of aryl methyl sites for hydroxylation is 2. The minimum atomic E-state index is -0.391. The molecule has 4 rings (SSSR count). The van der Waals surface area contributed by atoms with E-state index in [0.29, 0.717) is 23.2 Å². The number of amides is 1. The quantitative estimate of drug-likeness (QED) is 0.488. The number of nitrogens with one attached hydrogen (secondary N) is 1. The van der Waals surface area contributed by atoms with Crippen LogP contribution in [0.2, 0.25) is 5.02 Å². The highest BCUT2D eigenvalue weighted by atomic mass is 35.5. The maximum Gasteiger partial charge on any atom is 0.247 e. The first kappa shape index (κ1) is 19.8. The molecule has 2 aromatic heterocycles. The Morgan fingerprint density at radius 2 is 1.90 bits per heavy atom. The molecule has 0 bridgehead atoms. The van der Waals surface area contributed by atoms with Crippen molar-refractivity contribution in [2.24, 2.45) is 7.05 Å². The summed E-state index contributed by atoms with van der Waals surface area (Å²) in [6.07, 6.45) is 4.10. The number of benzene rings is 2. The fourth-order valence-electron chi connectivity index (χ4n) is 3.11. The van der Waals surface area contributed by atoms with E-state index in [1.165, 1.54) is 0 Å². The average molecular weight is 422 g/mol. The summed E-state index contributed by atoms with van der Waals surface area (Å²) in [4.78, 5) is 17.1. The molecule has 0 spiro atoms. The van der Waals surface area contributed by atoms with Crippen LogP contribution in [0, 0.1) is 0 Å². The van der Waals surface area contributed by atoms with E-state index in [9.17, 15) is 4.79 Å². The summed E-state index contributed by atoms with van der Waals surface area (Å²) in [5.41, 5.74) is 1.74. The fraction of sp³-hybridized carbons (Fsp3) is 0.182. The lowest BCUT2D eigenvalue weighted by molar-refractivity contribution is -0.121. The number of carbonyl (C=O) groups excluding carboxylic acids is 1. The Balaban J connectivity index is 1.44. The molecule has 1 amide bonds. The Hall–Kier alpha value is -3.45. The van der Waals surface area contributed by atoms with Crippen LogP contribution in [-0.2, 0) is 18.3 Å². The Bertz CT molecular complexity index is 1120. The monoisotopic (exact) mass is 421 g/mol. The number of halogens is 1. The molecule has 2 aromatic carbocycles. The fourth-order valence-corrected chi connectivity index (χ4v) is 3.24. The van der Waals surface area contributed by atoms with Gasteiger partial charge in [-0.25, -0.2) is 4.98 Å². The summed E-state index contributed by atoms with van der Waals surface area (Å²) >= 11 is 6.01. The topological polar surface area (TPSA) is 85.8 Å². The van der Waals surface area contributed by atoms with Crippen LogP contribution >= 0.6 is 11.6 Å². The molecule has 0 aliphatic heterocycles. The lowest BCUT2D eigenvalue weighted by Gasteiger charge is -2.19. The number of carbonyl (C=O) groups is 1. The van der Waals surface area contributed by atoms with E-state index in [4.69, 9.17) is 16.0 Å². The average Bonchev–Trinajstić information content (AvgIpc) is 3.41. The Kier molecular flexibility index (Phi) is 5.90. The van der Waals surface area contributed by atoms with E-state index >= 15 is 0 Å². The smallest absolute Gasteiger partial charge is 0.247 e. The number of aromatic nitrogens is 4. The number of hydrogen-bond donors (Lipinski definition) is 1. The second-order valence-corrected chi connectivity index (χ2v) is 7.25. The summed E-state index contributed by atoms with van der Waals surface area (Å²) in [5.74, 6) is 1.45. The molecule has 0 fully saturated rings. The van der Waals surface area contributed by atoms with Gasteiger partial charge in [0.05, 0.1) is 0 Å². The SMILES string of the molecule is Cn1ccnc1[C@@H](NC(=O)CCc1nnc(-c2ccccc2)o1)c1ccc(Cl)cc1. The Labute approximate surface area is 178 Å². The van der Waals surface area contributed by atoms with Crippen LogP contribution < -0.4 is 5.32 Å². The summed E-state index contributed by atoms with van der Waals surface area (Å²) in [6, 6.07) is 16.5. The van der Waals surface area contributed by atoms with E-state index < -0.39 is 6.04 Å². The lowest BCUT2D eigenvalue weighted by atomic mass is 10.1. The van der Waals surface area contributed by atoms with Gasteiger partial charge in [0.25, 0.3) is 0 Å². The second-order valence-electron chi connectivity index (χ2n) is 6.82. The normalized spacial score (nSPS) is 11.9. The van der Waals surface area contributed by atoms with Crippen molar-refractivity contribution in [2.45, 2.75) is 18.9 Å². The summed E-state index contributed by atoms with van der Waals surface area (Å²) in [5, 5.41) is 11.8. The van der Waals surface area contributed by atoms with Crippen molar-refractivity contribution in [1.29, 1.82) is 0 Å². The number of rotatable bonds is 7. The highest BCUT2D eigenvalue weighted by Gasteiger charge is 2.21. The molecule has 4 aromatic rings. The van der Waals surface area contributed by atoms with Gasteiger partial charge in [0.2, 0.25) is 17.7 Å². The van der Waals surface area contributed by atoms with Crippen LogP contribution in [0.5, 0.6) is 0 Å². The van der Waals surface area contributed by atoms with E-state index in [1.807, 2.05) is 60.3 Å². The third kappa shape index (κ3) is 4.58. The van der Waals surface area contributed by atoms with Gasteiger partial charge in [-0.15, -0.1) is 10.2 Å². The Morgan fingerprint density at radius 1 is 1.13 bits per heavy atom. The Morgan fingerprint density at radius 3 is 2.60 bits per heavy atom. The standard InChI is InChI=1S/C22H20ClN5O2/c1-28-14-13-24-21(28)20(15-7-9-17(23)10-8-15)25-18(29)11-12-19-26-27-22(30-19)16-5-3-2-4-6-16/h2-10,13-14,20H,11-12H2,1H3,(H,25,29)/t20-/m0/s1. The van der Waals surface area contributed by atoms with Crippen LogP contribution in [0.4, 0.5) is 0 Å². The van der Waals surface area contributed by atoms with Crippen molar-refractivity contribution in [1.82, 2.24) is 25.1 Å². The predicted octanol–water partition coefficient (Wildman–Crippen LogP) is 3.96. The van der Waals surface area contributed by atoms with E-state index in [0.717, 1.165) is 17.0 Å². The molecule has 0 aliphatic carbocycles. The minimum absolute atomic E-state index is 0.141. The van der Waals surface area contributed by atoms with Crippen molar-refractivity contribution in [3.8, 4) is 11.5 Å². The summed E-state index contributed by atoms with van der Waals surface area (Å²) in [6.45, 7) is 0. The van der Waals surface area contributed by atoms with Gasteiger partial charge < -0.3 is 14.3 Å².